The highest BCUT2D eigenvalue weighted by Gasteiger charge is 2.32. The molecule has 0 saturated heterocycles. The van der Waals surface area contributed by atoms with E-state index < -0.39 is 12.0 Å². The fraction of sp³-hybridized carbons (Fsp3) is 0.417. The van der Waals surface area contributed by atoms with E-state index in [1.54, 1.807) is 11.3 Å². The lowest BCUT2D eigenvalue weighted by atomic mass is 9.72. The molecule has 2 aromatic heterocycles. The first-order chi connectivity index (χ1) is 14.2. The van der Waals surface area contributed by atoms with Crippen molar-refractivity contribution in [2.45, 2.75) is 52.5 Å². The van der Waals surface area contributed by atoms with Gasteiger partial charge in [0, 0.05) is 33.8 Å². The molecule has 1 aliphatic rings. The van der Waals surface area contributed by atoms with Gasteiger partial charge in [-0.15, -0.1) is 11.3 Å². The fourth-order valence-electron chi connectivity index (χ4n) is 4.40. The molecule has 30 heavy (non-hydrogen) atoms. The highest BCUT2D eigenvalue weighted by Crippen LogP contribution is 2.40. The van der Waals surface area contributed by atoms with Crippen LogP contribution in [-0.4, -0.2) is 28.0 Å². The maximum atomic E-state index is 13.0. The Morgan fingerprint density at radius 1 is 1.30 bits per heavy atom. The molecule has 0 bridgehead atoms. The molecule has 2 unspecified atom stereocenters. The number of carboxylic acids is 1. The molecule has 6 heteroatoms. The maximum Gasteiger partial charge on any atom is 0.326 e. The summed E-state index contributed by atoms with van der Waals surface area (Å²) in [6, 6.07) is 6.80. The third-order valence-electron chi connectivity index (χ3n) is 6.33. The Balaban J connectivity index is 1.51. The van der Waals surface area contributed by atoms with E-state index in [9.17, 15) is 14.7 Å². The van der Waals surface area contributed by atoms with Crippen molar-refractivity contribution in [3.8, 4) is 0 Å². The molecule has 0 saturated carbocycles. The number of carbonyl (C=O) groups is 2. The van der Waals surface area contributed by atoms with E-state index in [2.05, 4.69) is 31.1 Å². The molecule has 0 fully saturated rings. The van der Waals surface area contributed by atoms with Crippen LogP contribution in [0.1, 0.15) is 53.6 Å². The highest BCUT2D eigenvalue weighted by atomic mass is 32.1. The van der Waals surface area contributed by atoms with Crippen molar-refractivity contribution in [3.05, 3.63) is 57.4 Å². The molecule has 0 aliphatic heterocycles. The van der Waals surface area contributed by atoms with Crippen molar-refractivity contribution in [3.63, 3.8) is 0 Å². The summed E-state index contributed by atoms with van der Waals surface area (Å²) in [5.74, 6) is -0.701. The first-order valence-corrected chi connectivity index (χ1v) is 11.3. The van der Waals surface area contributed by atoms with Crippen LogP contribution in [-0.2, 0) is 24.1 Å². The summed E-state index contributed by atoms with van der Waals surface area (Å²) in [7, 11) is 0. The zero-order valence-corrected chi connectivity index (χ0v) is 18.4. The monoisotopic (exact) mass is 424 g/mol. The summed E-state index contributed by atoms with van der Waals surface area (Å²) >= 11 is 1.63. The topological polar surface area (TPSA) is 82.2 Å². The Bertz CT molecular complexity index is 1090. The number of aliphatic carboxylic acids is 1. The molecule has 4 rings (SSSR count). The molecule has 5 nitrogen and oxygen atoms in total. The van der Waals surface area contributed by atoms with Gasteiger partial charge in [0.2, 0.25) is 0 Å². The Morgan fingerprint density at radius 2 is 2.07 bits per heavy atom. The molecular formula is C24H28N2O3S. The lowest BCUT2D eigenvalue weighted by molar-refractivity contribution is -0.139. The molecule has 1 amide bonds. The number of amides is 1. The molecule has 1 aliphatic carbocycles. The highest BCUT2D eigenvalue weighted by molar-refractivity contribution is 7.10. The summed E-state index contributed by atoms with van der Waals surface area (Å²) < 4.78 is 0. The second-order valence-corrected chi connectivity index (χ2v) is 10.2. The van der Waals surface area contributed by atoms with Crippen LogP contribution in [0.5, 0.6) is 0 Å². The van der Waals surface area contributed by atoms with Gasteiger partial charge in [-0.1, -0.05) is 39.0 Å². The summed E-state index contributed by atoms with van der Waals surface area (Å²) in [5, 5.41) is 15.4. The smallest absolute Gasteiger partial charge is 0.326 e. The molecule has 1 aromatic carbocycles. The van der Waals surface area contributed by atoms with Crippen LogP contribution in [0.4, 0.5) is 0 Å². The summed E-state index contributed by atoms with van der Waals surface area (Å²) in [5.41, 5.74) is 3.85. The molecule has 0 radical (unpaired) electrons. The number of benzene rings is 1. The first kappa shape index (κ1) is 20.7. The van der Waals surface area contributed by atoms with Crippen molar-refractivity contribution in [1.29, 1.82) is 0 Å². The summed E-state index contributed by atoms with van der Waals surface area (Å²) in [6.45, 7) is 6.81. The second kappa shape index (κ2) is 7.91. The third-order valence-corrected chi connectivity index (χ3v) is 7.38. The lowest BCUT2D eigenvalue weighted by Gasteiger charge is -2.34. The predicted molar refractivity (Wildman–Crippen MR) is 120 cm³/mol. The van der Waals surface area contributed by atoms with Gasteiger partial charge in [0.25, 0.3) is 5.91 Å². The van der Waals surface area contributed by atoms with Crippen LogP contribution in [0.3, 0.4) is 0 Å². The van der Waals surface area contributed by atoms with Crippen molar-refractivity contribution in [1.82, 2.24) is 10.3 Å². The SMILES string of the molecule is CC(C)(C)C1CCc2c(C(=O)NC(Cc3c[nH]c4ccccc34)C(=O)O)csc2C1. The van der Waals surface area contributed by atoms with Crippen LogP contribution in [0.25, 0.3) is 10.9 Å². The van der Waals surface area contributed by atoms with E-state index in [1.165, 1.54) is 4.88 Å². The number of carboxylic acid groups (broad SMARTS) is 1. The quantitative estimate of drug-likeness (QED) is 0.550. The predicted octanol–water partition coefficient (Wildman–Crippen LogP) is 4.81. The first-order valence-electron chi connectivity index (χ1n) is 10.4. The zero-order valence-electron chi connectivity index (χ0n) is 17.6. The van der Waals surface area contributed by atoms with Crippen LogP contribution in [0, 0.1) is 11.3 Å². The number of hydrogen-bond donors (Lipinski definition) is 3. The Labute approximate surface area is 180 Å². The van der Waals surface area contributed by atoms with Crippen LogP contribution < -0.4 is 5.32 Å². The molecule has 3 N–H and O–H groups in total. The zero-order chi connectivity index (χ0) is 21.5. The fourth-order valence-corrected chi connectivity index (χ4v) is 5.56. The minimum absolute atomic E-state index is 0.240. The van der Waals surface area contributed by atoms with Gasteiger partial charge in [0.05, 0.1) is 5.56 Å². The van der Waals surface area contributed by atoms with Gasteiger partial charge >= 0.3 is 5.97 Å². The summed E-state index contributed by atoms with van der Waals surface area (Å²) in [6.07, 6.45) is 5.00. The molecule has 0 spiro atoms. The average molecular weight is 425 g/mol. The molecule has 2 heterocycles. The van der Waals surface area contributed by atoms with Crippen molar-refractivity contribution in [2.24, 2.45) is 11.3 Å². The molecule has 2 atom stereocenters. The number of H-pyrrole nitrogens is 1. The van der Waals surface area contributed by atoms with Gasteiger partial charge < -0.3 is 15.4 Å². The normalized spacial score (nSPS) is 17.5. The number of carbonyl (C=O) groups excluding carboxylic acids is 1. The van der Waals surface area contributed by atoms with E-state index in [0.717, 1.165) is 41.3 Å². The molecular weight excluding hydrogens is 396 g/mol. The minimum atomic E-state index is -1.02. The molecule has 158 valence electrons. The van der Waals surface area contributed by atoms with Crippen molar-refractivity contribution >= 4 is 34.1 Å². The Morgan fingerprint density at radius 3 is 2.80 bits per heavy atom. The minimum Gasteiger partial charge on any atom is -0.480 e. The van der Waals surface area contributed by atoms with E-state index in [1.807, 2.05) is 35.8 Å². The van der Waals surface area contributed by atoms with E-state index in [-0.39, 0.29) is 17.7 Å². The van der Waals surface area contributed by atoms with Gasteiger partial charge in [-0.25, -0.2) is 4.79 Å². The van der Waals surface area contributed by atoms with Crippen LogP contribution in [0.15, 0.2) is 35.8 Å². The number of aromatic nitrogens is 1. The van der Waals surface area contributed by atoms with Crippen molar-refractivity contribution in [2.75, 3.05) is 0 Å². The van der Waals surface area contributed by atoms with E-state index in [4.69, 9.17) is 0 Å². The number of nitrogens with one attached hydrogen (secondary N) is 2. The Hall–Kier alpha value is -2.60. The standard InChI is InChI=1S/C24H28N2O3S/c1-24(2,3)15-8-9-17-18(13-30-21(17)11-15)22(27)26-20(23(28)29)10-14-12-25-19-7-5-4-6-16(14)19/h4-7,12-13,15,20,25H,8-11H2,1-3H3,(H,26,27)(H,28,29). The van der Waals surface area contributed by atoms with Gasteiger partial charge in [-0.05, 0) is 47.8 Å². The van der Waals surface area contributed by atoms with E-state index in [0.29, 0.717) is 11.5 Å². The number of para-hydroxylation sites is 1. The number of fused-ring (bicyclic) bond motifs is 2. The van der Waals surface area contributed by atoms with Crippen LogP contribution in [0.2, 0.25) is 0 Å². The number of rotatable bonds is 5. The van der Waals surface area contributed by atoms with Gasteiger partial charge in [-0.2, -0.15) is 0 Å². The van der Waals surface area contributed by atoms with Gasteiger partial charge in [-0.3, -0.25) is 4.79 Å². The largest absolute Gasteiger partial charge is 0.480 e. The van der Waals surface area contributed by atoms with Gasteiger partial charge in [0.15, 0.2) is 0 Å². The third kappa shape index (κ3) is 4.01. The number of hydrogen-bond acceptors (Lipinski definition) is 3. The van der Waals surface area contributed by atoms with E-state index >= 15 is 0 Å². The maximum absolute atomic E-state index is 13.0. The average Bonchev–Trinajstić information content (AvgIpc) is 3.30. The van der Waals surface area contributed by atoms with Crippen molar-refractivity contribution < 1.29 is 14.7 Å². The van der Waals surface area contributed by atoms with Crippen LogP contribution >= 0.6 is 11.3 Å². The van der Waals surface area contributed by atoms with Gasteiger partial charge in [0.1, 0.15) is 6.04 Å². The Kier molecular flexibility index (Phi) is 5.45. The lowest BCUT2D eigenvalue weighted by Crippen LogP contribution is -2.42. The number of thiophene rings is 1. The second-order valence-electron chi connectivity index (χ2n) is 9.28. The summed E-state index contributed by atoms with van der Waals surface area (Å²) in [4.78, 5) is 29.3. The molecule has 3 aromatic rings. The number of aromatic amines is 1.